The molecule has 0 amide bonds. The maximum atomic E-state index is 13.7. The van der Waals surface area contributed by atoms with Gasteiger partial charge < -0.3 is 4.98 Å². The zero-order chi connectivity index (χ0) is 22.1. The van der Waals surface area contributed by atoms with E-state index in [0.717, 1.165) is 27.9 Å². The summed E-state index contributed by atoms with van der Waals surface area (Å²) < 4.78 is 1.70. The highest BCUT2D eigenvalue weighted by molar-refractivity contribution is 7.98. The van der Waals surface area contributed by atoms with Crippen LogP contribution in [0, 0.1) is 6.92 Å². The first-order valence-corrected chi connectivity index (χ1v) is 11.6. The molecule has 4 nitrogen and oxygen atoms in total. The van der Waals surface area contributed by atoms with Gasteiger partial charge in [0.05, 0.1) is 5.69 Å². The average Bonchev–Trinajstić information content (AvgIpc) is 3.24. The van der Waals surface area contributed by atoms with Crippen LogP contribution in [-0.4, -0.2) is 14.5 Å². The molecular formula is C26H20ClN3OS. The fourth-order valence-electron chi connectivity index (χ4n) is 3.76. The number of H-pyrrole nitrogens is 1. The highest BCUT2D eigenvalue weighted by Gasteiger charge is 2.19. The predicted octanol–water partition coefficient (Wildman–Crippen LogP) is 6.63. The fraction of sp³-hybridized carbons (Fsp3) is 0.0769. The third-order valence-corrected chi connectivity index (χ3v) is 6.78. The molecule has 0 radical (unpaired) electrons. The maximum absolute atomic E-state index is 13.7. The van der Waals surface area contributed by atoms with Gasteiger partial charge >= 0.3 is 0 Å². The number of benzene rings is 3. The van der Waals surface area contributed by atoms with Crippen LogP contribution in [0.3, 0.4) is 0 Å². The zero-order valence-electron chi connectivity index (χ0n) is 17.4. The molecule has 5 aromatic rings. The number of aryl methyl sites for hydroxylation is 1. The highest BCUT2D eigenvalue weighted by atomic mass is 35.5. The van der Waals surface area contributed by atoms with Crippen molar-refractivity contribution in [3.05, 3.63) is 112 Å². The molecule has 0 saturated carbocycles. The van der Waals surface area contributed by atoms with Gasteiger partial charge in [-0.2, -0.15) is 0 Å². The standard InChI is InChI=1S/C26H20ClN3OS/c1-17-9-5-8-14-22(17)30-25(31)24-23(20(15-28-24)18-10-3-2-4-11-18)29-26(30)32-16-19-12-6-7-13-21(19)27/h2-15,28H,16H2,1H3. The number of nitrogens with zero attached hydrogens (tertiary/aromatic N) is 2. The second-order valence-electron chi connectivity index (χ2n) is 7.49. The summed E-state index contributed by atoms with van der Waals surface area (Å²) in [6.07, 6.45) is 1.86. The lowest BCUT2D eigenvalue weighted by Crippen LogP contribution is -2.22. The van der Waals surface area contributed by atoms with E-state index in [2.05, 4.69) is 4.98 Å². The first-order valence-electron chi connectivity index (χ1n) is 10.3. The Balaban J connectivity index is 1.71. The van der Waals surface area contributed by atoms with Crippen LogP contribution in [0.15, 0.2) is 95.0 Å². The van der Waals surface area contributed by atoms with E-state index >= 15 is 0 Å². The van der Waals surface area contributed by atoms with Crippen molar-refractivity contribution >= 4 is 34.4 Å². The summed E-state index contributed by atoms with van der Waals surface area (Å²) in [6.45, 7) is 2.00. The molecule has 0 fully saturated rings. The Morgan fingerprint density at radius 3 is 2.47 bits per heavy atom. The van der Waals surface area contributed by atoms with Gasteiger partial charge in [-0.1, -0.05) is 90.1 Å². The van der Waals surface area contributed by atoms with Gasteiger partial charge in [-0.3, -0.25) is 9.36 Å². The van der Waals surface area contributed by atoms with E-state index in [-0.39, 0.29) is 5.56 Å². The lowest BCUT2D eigenvalue weighted by Gasteiger charge is -2.15. The summed E-state index contributed by atoms with van der Waals surface area (Å²) in [6, 6.07) is 25.6. The van der Waals surface area contributed by atoms with Crippen molar-refractivity contribution in [2.45, 2.75) is 17.8 Å². The Kier molecular flexibility index (Phi) is 5.60. The molecule has 0 unspecified atom stereocenters. The number of nitrogens with one attached hydrogen (secondary N) is 1. The molecule has 6 heteroatoms. The van der Waals surface area contributed by atoms with Crippen molar-refractivity contribution in [2.24, 2.45) is 0 Å². The summed E-state index contributed by atoms with van der Waals surface area (Å²) >= 11 is 7.89. The van der Waals surface area contributed by atoms with Crippen LogP contribution >= 0.6 is 23.4 Å². The Morgan fingerprint density at radius 2 is 1.69 bits per heavy atom. The SMILES string of the molecule is Cc1ccccc1-n1c(SCc2ccccc2Cl)nc2c(-c3ccccc3)c[nH]c2c1=O. The van der Waals surface area contributed by atoms with E-state index in [9.17, 15) is 4.79 Å². The van der Waals surface area contributed by atoms with Crippen LogP contribution in [0.25, 0.3) is 27.8 Å². The summed E-state index contributed by atoms with van der Waals surface area (Å²) in [5.41, 5.74) is 5.81. The topological polar surface area (TPSA) is 50.7 Å². The number of hydrogen-bond donors (Lipinski definition) is 1. The minimum Gasteiger partial charge on any atom is -0.355 e. The Labute approximate surface area is 194 Å². The third kappa shape index (κ3) is 3.74. The molecule has 0 aliphatic heterocycles. The van der Waals surface area contributed by atoms with Crippen LogP contribution in [0.2, 0.25) is 5.02 Å². The molecule has 3 aromatic carbocycles. The molecule has 0 aliphatic rings. The molecule has 0 atom stereocenters. The molecule has 32 heavy (non-hydrogen) atoms. The number of fused-ring (bicyclic) bond motifs is 1. The molecule has 158 valence electrons. The summed E-state index contributed by atoms with van der Waals surface area (Å²) in [5.74, 6) is 0.606. The summed E-state index contributed by atoms with van der Waals surface area (Å²) in [4.78, 5) is 21.8. The zero-order valence-corrected chi connectivity index (χ0v) is 19.0. The Bertz CT molecular complexity index is 1470. The molecule has 0 saturated heterocycles. The molecule has 0 spiro atoms. The molecule has 2 heterocycles. The number of para-hydroxylation sites is 1. The van der Waals surface area contributed by atoms with Crippen LogP contribution in [-0.2, 0) is 5.75 Å². The van der Waals surface area contributed by atoms with Crippen molar-refractivity contribution < 1.29 is 0 Å². The van der Waals surface area contributed by atoms with Crippen LogP contribution in [0.1, 0.15) is 11.1 Å². The number of aromatic nitrogens is 3. The van der Waals surface area contributed by atoms with E-state index in [0.29, 0.717) is 27.0 Å². The predicted molar refractivity (Wildman–Crippen MR) is 133 cm³/mol. The van der Waals surface area contributed by atoms with Crippen LogP contribution < -0.4 is 5.56 Å². The second-order valence-corrected chi connectivity index (χ2v) is 8.84. The van der Waals surface area contributed by atoms with Crippen LogP contribution in [0.5, 0.6) is 0 Å². The summed E-state index contributed by atoms with van der Waals surface area (Å²) in [7, 11) is 0. The molecule has 1 N–H and O–H groups in total. The van der Waals surface area contributed by atoms with Crippen molar-refractivity contribution in [2.75, 3.05) is 0 Å². The van der Waals surface area contributed by atoms with Crippen molar-refractivity contribution in [3.63, 3.8) is 0 Å². The maximum Gasteiger partial charge on any atom is 0.283 e. The van der Waals surface area contributed by atoms with Gasteiger partial charge in [-0.25, -0.2) is 4.98 Å². The molecule has 2 aromatic heterocycles. The minimum absolute atomic E-state index is 0.117. The minimum atomic E-state index is -0.117. The first kappa shape index (κ1) is 20.6. The normalized spacial score (nSPS) is 11.2. The second kappa shape index (κ2) is 8.69. The van der Waals surface area contributed by atoms with Crippen LogP contribution in [0.4, 0.5) is 0 Å². The third-order valence-electron chi connectivity index (χ3n) is 5.42. The number of hydrogen-bond acceptors (Lipinski definition) is 3. The monoisotopic (exact) mass is 457 g/mol. The van der Waals surface area contributed by atoms with E-state index in [1.807, 2.05) is 92.0 Å². The Hall–Kier alpha value is -3.28. The molecule has 0 aliphatic carbocycles. The number of aromatic amines is 1. The Morgan fingerprint density at radius 1 is 0.969 bits per heavy atom. The smallest absolute Gasteiger partial charge is 0.283 e. The van der Waals surface area contributed by atoms with E-state index in [1.54, 1.807) is 4.57 Å². The van der Waals surface area contributed by atoms with E-state index in [4.69, 9.17) is 16.6 Å². The summed E-state index contributed by atoms with van der Waals surface area (Å²) in [5, 5.41) is 1.34. The lowest BCUT2D eigenvalue weighted by atomic mass is 10.1. The van der Waals surface area contributed by atoms with E-state index < -0.39 is 0 Å². The fourth-order valence-corrected chi connectivity index (χ4v) is 5.04. The van der Waals surface area contributed by atoms with Gasteiger partial charge in [0.2, 0.25) is 0 Å². The van der Waals surface area contributed by atoms with Gasteiger partial charge in [-0.05, 0) is 35.7 Å². The largest absolute Gasteiger partial charge is 0.355 e. The average molecular weight is 458 g/mol. The van der Waals surface area contributed by atoms with Crippen molar-refractivity contribution in [1.82, 2.24) is 14.5 Å². The molecular weight excluding hydrogens is 438 g/mol. The number of rotatable bonds is 5. The van der Waals surface area contributed by atoms with Crippen molar-refractivity contribution in [1.29, 1.82) is 0 Å². The van der Waals surface area contributed by atoms with Gasteiger partial charge in [-0.15, -0.1) is 0 Å². The van der Waals surface area contributed by atoms with Gasteiger partial charge in [0.1, 0.15) is 11.0 Å². The van der Waals surface area contributed by atoms with Gasteiger partial charge in [0.25, 0.3) is 5.56 Å². The number of halogens is 1. The van der Waals surface area contributed by atoms with E-state index in [1.165, 1.54) is 11.8 Å². The highest BCUT2D eigenvalue weighted by Crippen LogP contribution is 2.31. The molecule has 5 rings (SSSR count). The molecule has 0 bridgehead atoms. The van der Waals surface area contributed by atoms with Crippen molar-refractivity contribution in [3.8, 4) is 16.8 Å². The first-order chi connectivity index (χ1) is 15.6. The lowest BCUT2D eigenvalue weighted by molar-refractivity contribution is 0.813. The van der Waals surface area contributed by atoms with Gasteiger partial charge in [0, 0.05) is 22.5 Å². The number of thioether (sulfide) groups is 1. The quantitative estimate of drug-likeness (QED) is 0.238. The van der Waals surface area contributed by atoms with Gasteiger partial charge in [0.15, 0.2) is 5.16 Å².